The summed E-state index contributed by atoms with van der Waals surface area (Å²) in [6, 6.07) is 10.2. The van der Waals surface area contributed by atoms with Crippen LogP contribution in [0.25, 0.3) is 0 Å². The van der Waals surface area contributed by atoms with Crippen molar-refractivity contribution < 1.29 is 4.74 Å². The maximum absolute atomic E-state index is 5.66. The van der Waals surface area contributed by atoms with Gasteiger partial charge in [0.15, 0.2) is 5.96 Å². The normalized spacial score (nSPS) is 11.5. The Morgan fingerprint density at radius 3 is 2.68 bits per heavy atom. The third-order valence-corrected chi connectivity index (χ3v) is 3.92. The van der Waals surface area contributed by atoms with Crippen molar-refractivity contribution in [2.75, 3.05) is 26.7 Å². The van der Waals surface area contributed by atoms with E-state index in [1.54, 1.807) is 7.05 Å². The van der Waals surface area contributed by atoms with E-state index in [4.69, 9.17) is 4.74 Å². The second-order valence-corrected chi connectivity index (χ2v) is 5.84. The maximum Gasteiger partial charge on any atom is 0.191 e. The summed E-state index contributed by atoms with van der Waals surface area (Å²) >= 11 is 0. The van der Waals surface area contributed by atoms with Crippen molar-refractivity contribution in [2.24, 2.45) is 4.99 Å². The number of hydrogen-bond acceptors (Lipinski definition) is 3. The van der Waals surface area contributed by atoms with E-state index in [0.717, 1.165) is 44.3 Å². The van der Waals surface area contributed by atoms with Crippen LogP contribution in [0.5, 0.6) is 0 Å². The van der Waals surface area contributed by atoms with Gasteiger partial charge in [0, 0.05) is 39.1 Å². The van der Waals surface area contributed by atoms with Gasteiger partial charge in [0.1, 0.15) is 5.82 Å². The fourth-order valence-corrected chi connectivity index (χ4v) is 2.48. The second kappa shape index (κ2) is 11.3. The monoisotopic (exact) mass is 343 g/mol. The Kier molecular flexibility index (Phi) is 8.55. The molecule has 0 unspecified atom stereocenters. The lowest BCUT2D eigenvalue weighted by Gasteiger charge is -2.12. The molecule has 1 aromatic heterocycles. The van der Waals surface area contributed by atoms with Gasteiger partial charge in [-0.15, -0.1) is 0 Å². The average Bonchev–Trinajstić information content (AvgIpc) is 3.05. The second-order valence-electron chi connectivity index (χ2n) is 5.84. The molecule has 0 radical (unpaired) electrons. The maximum atomic E-state index is 5.66. The first-order chi connectivity index (χ1) is 12.3. The van der Waals surface area contributed by atoms with Crippen molar-refractivity contribution in [3.8, 4) is 0 Å². The summed E-state index contributed by atoms with van der Waals surface area (Å²) in [4.78, 5) is 8.46. The molecular formula is C19H29N5O. The fourth-order valence-electron chi connectivity index (χ4n) is 2.48. The third-order valence-electron chi connectivity index (χ3n) is 3.92. The first-order valence-corrected chi connectivity index (χ1v) is 8.83. The van der Waals surface area contributed by atoms with Crippen LogP contribution in [0, 0.1) is 6.92 Å². The van der Waals surface area contributed by atoms with Gasteiger partial charge in [-0.25, -0.2) is 4.98 Å². The zero-order valence-corrected chi connectivity index (χ0v) is 15.2. The van der Waals surface area contributed by atoms with Gasteiger partial charge >= 0.3 is 0 Å². The standard InChI is InChI=1S/C19H29N5O/c1-17-21-11-14-24(17)13-7-6-10-22-19(20-2)23-12-15-25-16-18-8-4-3-5-9-18/h3-5,8-9,11,14H,6-7,10,12-13,15-16H2,1-2H3,(H2,20,22,23). The van der Waals surface area contributed by atoms with Gasteiger partial charge in [0.25, 0.3) is 0 Å². The molecule has 2 rings (SSSR count). The van der Waals surface area contributed by atoms with E-state index in [0.29, 0.717) is 13.2 Å². The van der Waals surface area contributed by atoms with Crippen molar-refractivity contribution in [2.45, 2.75) is 32.9 Å². The molecule has 0 bridgehead atoms. The predicted molar refractivity (Wildman–Crippen MR) is 102 cm³/mol. The van der Waals surface area contributed by atoms with Crippen LogP contribution in [-0.4, -0.2) is 42.3 Å². The zero-order valence-electron chi connectivity index (χ0n) is 15.2. The summed E-state index contributed by atoms with van der Waals surface area (Å²) in [6.45, 7) is 5.97. The molecule has 1 aromatic carbocycles. The summed E-state index contributed by atoms with van der Waals surface area (Å²) in [5.41, 5.74) is 1.19. The van der Waals surface area contributed by atoms with Crippen LogP contribution in [0.15, 0.2) is 47.7 Å². The number of nitrogens with zero attached hydrogens (tertiary/aromatic N) is 3. The van der Waals surface area contributed by atoms with E-state index >= 15 is 0 Å². The molecule has 0 saturated carbocycles. The zero-order chi connectivity index (χ0) is 17.7. The summed E-state index contributed by atoms with van der Waals surface area (Å²) in [5.74, 6) is 1.89. The minimum atomic E-state index is 0.641. The largest absolute Gasteiger partial charge is 0.375 e. The number of benzene rings is 1. The number of nitrogens with one attached hydrogen (secondary N) is 2. The Labute approximate surface area is 150 Å². The number of aliphatic imine (C=N–C) groups is 1. The van der Waals surface area contributed by atoms with Gasteiger partial charge in [-0.1, -0.05) is 30.3 Å². The van der Waals surface area contributed by atoms with Crippen LogP contribution in [0.3, 0.4) is 0 Å². The van der Waals surface area contributed by atoms with E-state index in [9.17, 15) is 0 Å². The van der Waals surface area contributed by atoms with Gasteiger partial charge in [-0.3, -0.25) is 4.99 Å². The SMILES string of the molecule is CN=C(NCCCCn1ccnc1C)NCCOCc1ccccc1. The molecule has 0 saturated heterocycles. The highest BCUT2D eigenvalue weighted by molar-refractivity contribution is 5.79. The van der Waals surface area contributed by atoms with E-state index in [1.165, 1.54) is 5.56 Å². The number of imidazole rings is 1. The summed E-state index contributed by atoms with van der Waals surface area (Å²) in [6.07, 6.45) is 6.07. The van der Waals surface area contributed by atoms with Crippen LogP contribution in [0.4, 0.5) is 0 Å². The fraction of sp³-hybridized carbons (Fsp3) is 0.474. The Bertz CT molecular complexity index is 624. The van der Waals surface area contributed by atoms with Gasteiger partial charge in [-0.05, 0) is 25.3 Å². The minimum Gasteiger partial charge on any atom is -0.375 e. The lowest BCUT2D eigenvalue weighted by molar-refractivity contribution is 0.125. The van der Waals surface area contributed by atoms with Crippen molar-refractivity contribution in [3.05, 3.63) is 54.1 Å². The number of aryl methyl sites for hydroxylation is 2. The van der Waals surface area contributed by atoms with Gasteiger partial charge < -0.3 is 19.9 Å². The Morgan fingerprint density at radius 2 is 1.96 bits per heavy atom. The summed E-state index contributed by atoms with van der Waals surface area (Å²) in [7, 11) is 1.79. The molecule has 136 valence electrons. The van der Waals surface area contributed by atoms with Crippen molar-refractivity contribution in [3.63, 3.8) is 0 Å². The number of ether oxygens (including phenoxy) is 1. The molecule has 0 spiro atoms. The minimum absolute atomic E-state index is 0.641. The van der Waals surface area contributed by atoms with Crippen molar-refractivity contribution >= 4 is 5.96 Å². The summed E-state index contributed by atoms with van der Waals surface area (Å²) in [5, 5.41) is 6.60. The smallest absolute Gasteiger partial charge is 0.191 e. The van der Waals surface area contributed by atoms with E-state index in [2.05, 4.69) is 37.3 Å². The molecule has 6 nitrogen and oxygen atoms in total. The average molecular weight is 343 g/mol. The van der Waals surface area contributed by atoms with Crippen LogP contribution >= 0.6 is 0 Å². The Balaban J connectivity index is 1.50. The number of hydrogen-bond donors (Lipinski definition) is 2. The molecule has 0 aliphatic carbocycles. The van der Waals surface area contributed by atoms with Crippen molar-refractivity contribution in [1.29, 1.82) is 0 Å². The first-order valence-electron chi connectivity index (χ1n) is 8.83. The lowest BCUT2D eigenvalue weighted by Crippen LogP contribution is -2.39. The van der Waals surface area contributed by atoms with Crippen molar-refractivity contribution in [1.82, 2.24) is 20.2 Å². The highest BCUT2D eigenvalue weighted by Crippen LogP contribution is 2.00. The van der Waals surface area contributed by atoms with Crippen LogP contribution in [0.1, 0.15) is 24.2 Å². The molecule has 25 heavy (non-hydrogen) atoms. The van der Waals surface area contributed by atoms with Gasteiger partial charge in [-0.2, -0.15) is 0 Å². The Morgan fingerprint density at radius 1 is 1.16 bits per heavy atom. The number of guanidine groups is 1. The molecule has 2 N–H and O–H groups in total. The molecule has 0 aliphatic heterocycles. The Hall–Kier alpha value is -2.34. The quantitative estimate of drug-likeness (QED) is 0.395. The van der Waals surface area contributed by atoms with Gasteiger partial charge in [0.2, 0.25) is 0 Å². The number of unbranched alkanes of at least 4 members (excludes halogenated alkanes) is 1. The third kappa shape index (κ3) is 7.39. The number of rotatable bonds is 10. The van der Waals surface area contributed by atoms with Gasteiger partial charge in [0.05, 0.1) is 13.2 Å². The molecular weight excluding hydrogens is 314 g/mol. The van der Waals surface area contributed by atoms with Crippen LogP contribution in [0.2, 0.25) is 0 Å². The molecule has 0 amide bonds. The molecule has 0 atom stereocenters. The molecule has 0 aliphatic rings. The van der Waals surface area contributed by atoms with E-state index in [-0.39, 0.29) is 0 Å². The highest BCUT2D eigenvalue weighted by atomic mass is 16.5. The van der Waals surface area contributed by atoms with E-state index < -0.39 is 0 Å². The first kappa shape index (κ1) is 19.0. The van der Waals surface area contributed by atoms with Crippen LogP contribution < -0.4 is 10.6 Å². The predicted octanol–water partition coefficient (Wildman–Crippen LogP) is 2.35. The molecule has 0 fully saturated rings. The number of aromatic nitrogens is 2. The summed E-state index contributed by atoms with van der Waals surface area (Å²) < 4.78 is 7.83. The topological polar surface area (TPSA) is 63.5 Å². The van der Waals surface area contributed by atoms with E-state index in [1.807, 2.05) is 37.5 Å². The lowest BCUT2D eigenvalue weighted by atomic mass is 10.2. The van der Waals surface area contributed by atoms with Crippen LogP contribution in [-0.2, 0) is 17.9 Å². The molecule has 2 aromatic rings. The molecule has 1 heterocycles. The molecule has 6 heteroatoms. The highest BCUT2D eigenvalue weighted by Gasteiger charge is 1.99.